The van der Waals surface area contributed by atoms with Gasteiger partial charge in [-0.15, -0.1) is 0 Å². The number of nitrogens with zero attached hydrogens (tertiary/aromatic N) is 1. The molecule has 1 aromatic rings. The fourth-order valence-corrected chi connectivity index (χ4v) is 7.55. The number of carbonyl (C=O) groups excluding carboxylic acids is 3. The third-order valence-corrected chi connectivity index (χ3v) is 10.5. The van der Waals surface area contributed by atoms with Crippen LogP contribution >= 0.6 is 31.9 Å². The van der Waals surface area contributed by atoms with Crippen LogP contribution in [0, 0.1) is 23.7 Å². The quantitative estimate of drug-likeness (QED) is 0.114. The van der Waals surface area contributed by atoms with Gasteiger partial charge in [0.15, 0.2) is 0 Å². The van der Waals surface area contributed by atoms with Crippen molar-refractivity contribution >= 4 is 55.3 Å². The highest BCUT2D eigenvalue weighted by molar-refractivity contribution is 9.12. The number of halogens is 2. The van der Waals surface area contributed by atoms with Crippen molar-refractivity contribution in [3.8, 4) is 5.75 Å². The minimum atomic E-state index is -0.238. The molecule has 2 bridgehead atoms. The van der Waals surface area contributed by atoms with Crippen LogP contribution in [0.25, 0.3) is 0 Å². The molecule has 3 aliphatic rings. The summed E-state index contributed by atoms with van der Waals surface area (Å²) in [5.41, 5.74) is 0.554. The molecule has 0 aromatic heterocycles. The molecule has 2 aliphatic carbocycles. The maximum absolute atomic E-state index is 13.1. The molecule has 32 heavy (non-hydrogen) atoms. The number of unbranched alkanes of at least 4 members (excludes halogenated alkanes) is 6. The highest BCUT2D eigenvalue weighted by Crippen LogP contribution is 2.60. The number of ether oxygens (including phenoxy) is 1. The second-order valence-electron chi connectivity index (χ2n) is 9.36. The van der Waals surface area contributed by atoms with Crippen LogP contribution in [-0.2, 0) is 14.4 Å². The summed E-state index contributed by atoms with van der Waals surface area (Å²) in [6, 6.07) is 6.74. The lowest BCUT2D eigenvalue weighted by Gasteiger charge is -2.28. The molecule has 2 saturated carbocycles. The number of carbonyl (C=O) groups is 3. The number of hydrogen-bond donors (Lipinski definition) is 0. The summed E-state index contributed by atoms with van der Waals surface area (Å²) in [6.07, 6.45) is 9.40. The van der Waals surface area contributed by atoms with Gasteiger partial charge in [0, 0.05) is 16.1 Å². The monoisotopic (exact) mass is 567 g/mol. The van der Waals surface area contributed by atoms with E-state index in [9.17, 15) is 14.4 Å². The van der Waals surface area contributed by atoms with Crippen molar-refractivity contribution < 1.29 is 19.1 Å². The molecular formula is C25H31Br2NO4. The largest absolute Gasteiger partial charge is 0.427 e. The lowest BCUT2D eigenvalue weighted by atomic mass is 9.81. The number of fused-ring (bicyclic) bond motifs is 5. The smallest absolute Gasteiger partial charge is 0.311 e. The first-order valence-corrected chi connectivity index (χ1v) is 13.7. The number of benzene rings is 1. The van der Waals surface area contributed by atoms with Crippen LogP contribution in [0.15, 0.2) is 24.3 Å². The van der Waals surface area contributed by atoms with Crippen molar-refractivity contribution in [1.29, 1.82) is 0 Å². The fourth-order valence-electron chi connectivity index (χ4n) is 5.68. The number of imide groups is 1. The van der Waals surface area contributed by atoms with Gasteiger partial charge >= 0.3 is 5.97 Å². The summed E-state index contributed by atoms with van der Waals surface area (Å²) in [4.78, 5) is 40.1. The molecule has 1 heterocycles. The standard InChI is InChI=1S/C25H31Br2NO4/c1-2-3-4-5-6-7-8-9-19(29)32-16-12-10-15(11-13-16)28-24(30)20-17-14-18(21(20)25(28)31)23(27)22(17)26/h10-13,17-18,20-23H,2-9,14H2,1H3/t17-,18-,20-,21-,22-,23+/m1/s1. The number of alkyl halides is 2. The lowest BCUT2D eigenvalue weighted by molar-refractivity contribution is -0.134. The van der Waals surface area contributed by atoms with Crippen LogP contribution in [0.4, 0.5) is 5.69 Å². The van der Waals surface area contributed by atoms with E-state index >= 15 is 0 Å². The molecule has 5 nitrogen and oxygen atoms in total. The number of anilines is 1. The van der Waals surface area contributed by atoms with E-state index in [2.05, 4.69) is 38.8 Å². The Kier molecular flexibility index (Phi) is 7.76. The normalized spacial score (nSPS) is 30.8. The Morgan fingerprint density at radius 3 is 2.00 bits per heavy atom. The molecule has 1 aromatic carbocycles. The van der Waals surface area contributed by atoms with Gasteiger partial charge in [-0.25, -0.2) is 0 Å². The molecule has 3 fully saturated rings. The van der Waals surface area contributed by atoms with E-state index in [0.29, 0.717) is 17.9 Å². The molecule has 6 atom stereocenters. The van der Waals surface area contributed by atoms with E-state index in [4.69, 9.17) is 4.74 Å². The summed E-state index contributed by atoms with van der Waals surface area (Å²) >= 11 is 7.42. The Bertz CT molecular complexity index is 826. The SMILES string of the molecule is CCCCCCCCCC(=O)Oc1ccc(N2C(=O)[C@@H]3[C@H]4C[C@@H]([C@@H](Br)[C@H]4Br)[C@H]3C2=O)cc1. The molecule has 4 rings (SSSR count). The van der Waals surface area contributed by atoms with E-state index in [1.165, 1.54) is 30.6 Å². The Labute approximate surface area is 206 Å². The molecule has 0 spiro atoms. The van der Waals surface area contributed by atoms with Crippen molar-refractivity contribution in [2.45, 2.75) is 74.4 Å². The molecule has 1 aliphatic heterocycles. The van der Waals surface area contributed by atoms with Gasteiger partial charge in [0.2, 0.25) is 11.8 Å². The Morgan fingerprint density at radius 1 is 0.906 bits per heavy atom. The van der Waals surface area contributed by atoms with Gasteiger partial charge in [0.1, 0.15) is 5.75 Å². The fraction of sp³-hybridized carbons (Fsp3) is 0.640. The Hall–Kier alpha value is -1.21. The van der Waals surface area contributed by atoms with E-state index < -0.39 is 0 Å². The second-order valence-corrected chi connectivity index (χ2v) is 11.5. The first kappa shape index (κ1) is 23.9. The molecule has 1 saturated heterocycles. The maximum Gasteiger partial charge on any atom is 0.311 e. The molecule has 0 N–H and O–H groups in total. The van der Waals surface area contributed by atoms with Crippen LogP contribution in [0.5, 0.6) is 5.75 Å². The Balaban J connectivity index is 1.29. The summed E-state index contributed by atoms with van der Waals surface area (Å²) in [6.45, 7) is 2.20. The average Bonchev–Trinajstić information content (AvgIpc) is 3.39. The van der Waals surface area contributed by atoms with Crippen molar-refractivity contribution in [3.05, 3.63) is 24.3 Å². The third kappa shape index (κ3) is 4.56. The number of hydrogen-bond acceptors (Lipinski definition) is 4. The summed E-state index contributed by atoms with van der Waals surface area (Å²) in [5, 5.41) is 0. The van der Waals surface area contributed by atoms with Crippen LogP contribution < -0.4 is 9.64 Å². The van der Waals surface area contributed by atoms with Crippen molar-refractivity contribution in [2.75, 3.05) is 4.90 Å². The van der Waals surface area contributed by atoms with Crippen molar-refractivity contribution in [1.82, 2.24) is 0 Å². The minimum Gasteiger partial charge on any atom is -0.427 e. The van der Waals surface area contributed by atoms with Crippen LogP contribution in [0.3, 0.4) is 0 Å². The zero-order valence-electron chi connectivity index (χ0n) is 18.5. The molecule has 2 amide bonds. The van der Waals surface area contributed by atoms with Gasteiger partial charge in [-0.1, -0.05) is 77.3 Å². The zero-order chi connectivity index (χ0) is 22.8. The highest BCUT2D eigenvalue weighted by atomic mass is 79.9. The predicted octanol–water partition coefficient (Wildman–Crippen LogP) is 6.02. The minimum absolute atomic E-state index is 0.0972. The van der Waals surface area contributed by atoms with Crippen LogP contribution in [-0.4, -0.2) is 27.4 Å². The van der Waals surface area contributed by atoms with Gasteiger partial charge in [-0.3, -0.25) is 19.3 Å². The average molecular weight is 569 g/mol. The molecule has 0 radical (unpaired) electrons. The first-order valence-electron chi connectivity index (χ1n) is 11.9. The predicted molar refractivity (Wildman–Crippen MR) is 131 cm³/mol. The topological polar surface area (TPSA) is 63.7 Å². The van der Waals surface area contributed by atoms with Crippen molar-refractivity contribution in [3.63, 3.8) is 0 Å². The summed E-state index contributed by atoms with van der Waals surface area (Å²) in [5.74, 6) is -0.0553. The molecule has 174 valence electrons. The van der Waals surface area contributed by atoms with Gasteiger partial charge in [0.05, 0.1) is 17.5 Å². The van der Waals surface area contributed by atoms with Gasteiger partial charge in [0.25, 0.3) is 0 Å². The third-order valence-electron chi connectivity index (χ3n) is 7.30. The summed E-state index contributed by atoms with van der Waals surface area (Å²) < 4.78 is 5.44. The molecule has 7 heteroatoms. The highest BCUT2D eigenvalue weighted by Gasteiger charge is 2.66. The second kappa shape index (κ2) is 10.4. The Morgan fingerprint density at radius 2 is 1.44 bits per heavy atom. The van der Waals surface area contributed by atoms with Crippen molar-refractivity contribution in [2.24, 2.45) is 23.7 Å². The van der Waals surface area contributed by atoms with E-state index in [1.807, 2.05) is 0 Å². The maximum atomic E-state index is 13.1. The number of rotatable bonds is 10. The van der Waals surface area contributed by atoms with Gasteiger partial charge in [-0.05, 0) is 48.9 Å². The van der Waals surface area contributed by atoms with Gasteiger partial charge in [-0.2, -0.15) is 0 Å². The van der Waals surface area contributed by atoms with E-state index in [-0.39, 0.29) is 51.1 Å². The lowest BCUT2D eigenvalue weighted by Crippen LogP contribution is -2.37. The zero-order valence-corrected chi connectivity index (χ0v) is 21.6. The number of esters is 1. The van der Waals surface area contributed by atoms with Gasteiger partial charge < -0.3 is 4.74 Å². The van der Waals surface area contributed by atoms with Crippen LogP contribution in [0.1, 0.15) is 64.7 Å². The number of amides is 2. The van der Waals surface area contributed by atoms with E-state index in [1.54, 1.807) is 24.3 Å². The van der Waals surface area contributed by atoms with E-state index in [0.717, 1.165) is 25.7 Å². The first-order chi connectivity index (χ1) is 15.4. The molecular weight excluding hydrogens is 538 g/mol. The molecule has 0 unspecified atom stereocenters. The van der Waals surface area contributed by atoms with Crippen LogP contribution in [0.2, 0.25) is 0 Å². The summed E-state index contributed by atoms with van der Waals surface area (Å²) in [7, 11) is 0.